The molecule has 0 spiro atoms. The lowest BCUT2D eigenvalue weighted by molar-refractivity contribution is -0.157. The smallest absolute Gasteiger partial charge is 0.347 e. The molecule has 1 aromatic carbocycles. The molecule has 31 heavy (non-hydrogen) atoms. The topological polar surface area (TPSA) is 76.5 Å². The third-order valence-electron chi connectivity index (χ3n) is 5.76. The number of carbonyl (C=O) groups is 2. The minimum Gasteiger partial charge on any atom is -0.478 e. The average molecular weight is 426 g/mol. The second kappa shape index (κ2) is 12.2. The molecule has 5 nitrogen and oxygen atoms in total. The lowest BCUT2D eigenvalue weighted by Crippen LogP contribution is -2.39. The first kappa shape index (κ1) is 24.6. The van der Waals surface area contributed by atoms with Gasteiger partial charge < -0.3 is 9.84 Å². The van der Waals surface area contributed by atoms with E-state index >= 15 is 0 Å². The Morgan fingerprint density at radius 1 is 0.935 bits per heavy atom. The van der Waals surface area contributed by atoms with Crippen molar-refractivity contribution in [3.8, 4) is 11.3 Å². The summed E-state index contributed by atoms with van der Waals surface area (Å²) in [6.45, 7) is 5.32. The van der Waals surface area contributed by atoms with Crippen molar-refractivity contribution in [2.75, 3.05) is 0 Å². The summed E-state index contributed by atoms with van der Waals surface area (Å²) in [6, 6.07) is 11.0. The van der Waals surface area contributed by atoms with E-state index in [1.807, 2.05) is 12.3 Å². The minimum atomic E-state index is -1.53. The predicted molar refractivity (Wildman–Crippen MR) is 123 cm³/mol. The molecule has 1 aromatic heterocycles. The Morgan fingerprint density at radius 3 is 2.13 bits per heavy atom. The standard InChI is InChI=1S/C26H35NO4/c1-4-6-7-8-9-10-11-12-20-13-18-23(27-19-20)21-14-16-22(17-15-21)24(28)31-26(3,5-2)25(29)30/h13-19H,4-12H2,1-3H3,(H,29,30). The summed E-state index contributed by atoms with van der Waals surface area (Å²) in [6.07, 6.45) is 12.2. The molecule has 2 aromatic rings. The Labute approximate surface area is 185 Å². The number of rotatable bonds is 13. The van der Waals surface area contributed by atoms with Crippen LogP contribution in [-0.2, 0) is 16.0 Å². The van der Waals surface area contributed by atoms with Crippen LogP contribution in [0.15, 0.2) is 42.6 Å². The molecule has 1 heterocycles. The fraction of sp³-hybridized carbons (Fsp3) is 0.500. The number of aliphatic carboxylic acids is 1. The number of aromatic nitrogens is 1. The monoisotopic (exact) mass is 425 g/mol. The highest BCUT2D eigenvalue weighted by atomic mass is 16.6. The number of aryl methyl sites for hydroxylation is 1. The molecule has 1 unspecified atom stereocenters. The molecule has 2 rings (SSSR count). The van der Waals surface area contributed by atoms with Gasteiger partial charge in [0.05, 0.1) is 11.3 Å². The summed E-state index contributed by atoms with van der Waals surface area (Å²) in [7, 11) is 0. The quantitative estimate of drug-likeness (QED) is 0.295. The first-order chi connectivity index (χ1) is 14.9. The van der Waals surface area contributed by atoms with Crippen LogP contribution < -0.4 is 0 Å². The number of carbonyl (C=O) groups excluding carboxylic acids is 1. The van der Waals surface area contributed by atoms with E-state index in [-0.39, 0.29) is 6.42 Å². The second-order valence-electron chi connectivity index (χ2n) is 8.28. The van der Waals surface area contributed by atoms with Crippen LogP contribution in [0.1, 0.15) is 88.1 Å². The van der Waals surface area contributed by atoms with E-state index in [9.17, 15) is 14.7 Å². The van der Waals surface area contributed by atoms with Gasteiger partial charge in [0.2, 0.25) is 5.60 Å². The lowest BCUT2D eigenvalue weighted by Gasteiger charge is -2.23. The van der Waals surface area contributed by atoms with Gasteiger partial charge in [-0.05, 0) is 49.9 Å². The minimum absolute atomic E-state index is 0.196. The maximum absolute atomic E-state index is 12.3. The van der Waals surface area contributed by atoms with E-state index in [0.29, 0.717) is 5.56 Å². The Balaban J connectivity index is 1.88. The van der Waals surface area contributed by atoms with Gasteiger partial charge >= 0.3 is 11.9 Å². The van der Waals surface area contributed by atoms with Crippen LogP contribution in [0.25, 0.3) is 11.3 Å². The number of pyridine rings is 1. The zero-order valence-corrected chi connectivity index (χ0v) is 19.0. The molecule has 1 N–H and O–H groups in total. The number of ether oxygens (including phenoxy) is 1. The summed E-state index contributed by atoms with van der Waals surface area (Å²) in [5.74, 6) is -1.79. The molecule has 0 fully saturated rings. The van der Waals surface area contributed by atoms with E-state index in [4.69, 9.17) is 4.74 Å². The maximum atomic E-state index is 12.3. The number of benzene rings is 1. The molecule has 0 amide bonds. The molecule has 0 bridgehead atoms. The number of hydrogen-bond acceptors (Lipinski definition) is 4. The largest absolute Gasteiger partial charge is 0.478 e. The lowest BCUT2D eigenvalue weighted by atomic mass is 10.0. The third kappa shape index (κ3) is 7.50. The zero-order chi connectivity index (χ0) is 22.7. The van der Waals surface area contributed by atoms with E-state index in [2.05, 4.69) is 18.0 Å². The van der Waals surface area contributed by atoms with Crippen LogP contribution in [0.2, 0.25) is 0 Å². The number of esters is 1. The van der Waals surface area contributed by atoms with Crippen molar-refractivity contribution in [2.45, 2.75) is 84.2 Å². The average Bonchev–Trinajstić information content (AvgIpc) is 2.78. The van der Waals surface area contributed by atoms with Crippen LogP contribution in [0, 0.1) is 0 Å². The molecular weight excluding hydrogens is 390 g/mol. The van der Waals surface area contributed by atoms with E-state index in [1.54, 1.807) is 31.2 Å². The van der Waals surface area contributed by atoms with Crippen LogP contribution in [0.3, 0.4) is 0 Å². The number of hydrogen-bond donors (Lipinski definition) is 1. The molecule has 5 heteroatoms. The van der Waals surface area contributed by atoms with Crippen molar-refractivity contribution in [1.29, 1.82) is 0 Å². The summed E-state index contributed by atoms with van der Waals surface area (Å²) in [5, 5.41) is 9.27. The molecule has 0 aliphatic heterocycles. The van der Waals surface area contributed by atoms with Gasteiger partial charge in [0.1, 0.15) is 0 Å². The highest BCUT2D eigenvalue weighted by molar-refractivity contribution is 5.92. The molecule has 0 saturated carbocycles. The Morgan fingerprint density at radius 2 is 1.58 bits per heavy atom. The molecular formula is C26H35NO4. The first-order valence-corrected chi connectivity index (χ1v) is 11.4. The molecule has 0 aliphatic carbocycles. The van der Waals surface area contributed by atoms with Gasteiger partial charge in [0.15, 0.2) is 0 Å². The fourth-order valence-corrected chi connectivity index (χ4v) is 3.34. The van der Waals surface area contributed by atoms with E-state index < -0.39 is 17.5 Å². The zero-order valence-electron chi connectivity index (χ0n) is 19.0. The number of unbranched alkanes of at least 4 members (excludes halogenated alkanes) is 6. The number of carboxylic acid groups (broad SMARTS) is 1. The van der Waals surface area contributed by atoms with Gasteiger partial charge in [-0.25, -0.2) is 9.59 Å². The summed E-state index contributed by atoms with van der Waals surface area (Å²) in [4.78, 5) is 28.2. The molecule has 1 atom stereocenters. The molecule has 168 valence electrons. The van der Waals surface area contributed by atoms with Gasteiger partial charge in [-0.3, -0.25) is 4.98 Å². The summed E-state index contributed by atoms with van der Waals surface area (Å²) >= 11 is 0. The highest BCUT2D eigenvalue weighted by Crippen LogP contribution is 2.22. The van der Waals surface area contributed by atoms with Gasteiger partial charge in [0, 0.05) is 11.8 Å². The number of carboxylic acids is 1. The van der Waals surface area contributed by atoms with Gasteiger partial charge in [-0.15, -0.1) is 0 Å². The van der Waals surface area contributed by atoms with Crippen molar-refractivity contribution in [3.63, 3.8) is 0 Å². The summed E-state index contributed by atoms with van der Waals surface area (Å²) < 4.78 is 5.22. The fourth-order valence-electron chi connectivity index (χ4n) is 3.34. The first-order valence-electron chi connectivity index (χ1n) is 11.4. The molecule has 0 saturated heterocycles. The van der Waals surface area contributed by atoms with E-state index in [0.717, 1.165) is 17.7 Å². The Kier molecular flexibility index (Phi) is 9.70. The van der Waals surface area contributed by atoms with Crippen molar-refractivity contribution in [1.82, 2.24) is 4.98 Å². The maximum Gasteiger partial charge on any atom is 0.347 e. The van der Waals surface area contributed by atoms with Gasteiger partial charge in [0.25, 0.3) is 0 Å². The SMILES string of the molecule is CCCCCCCCCc1ccc(-c2ccc(C(=O)OC(C)(CC)C(=O)O)cc2)nc1. The van der Waals surface area contributed by atoms with Crippen molar-refractivity contribution >= 4 is 11.9 Å². The third-order valence-corrected chi connectivity index (χ3v) is 5.76. The van der Waals surface area contributed by atoms with Crippen molar-refractivity contribution < 1.29 is 19.4 Å². The van der Waals surface area contributed by atoms with E-state index in [1.165, 1.54) is 57.4 Å². The van der Waals surface area contributed by atoms with Crippen LogP contribution in [0.5, 0.6) is 0 Å². The normalized spacial score (nSPS) is 12.9. The Bertz CT molecular complexity index is 829. The van der Waals surface area contributed by atoms with Crippen LogP contribution >= 0.6 is 0 Å². The van der Waals surface area contributed by atoms with Gasteiger partial charge in [-0.1, -0.05) is 70.6 Å². The highest BCUT2D eigenvalue weighted by Gasteiger charge is 2.35. The second-order valence-corrected chi connectivity index (χ2v) is 8.28. The van der Waals surface area contributed by atoms with Crippen molar-refractivity contribution in [2.24, 2.45) is 0 Å². The molecule has 0 radical (unpaired) electrons. The molecule has 0 aliphatic rings. The van der Waals surface area contributed by atoms with Gasteiger partial charge in [-0.2, -0.15) is 0 Å². The Hall–Kier alpha value is -2.69. The van der Waals surface area contributed by atoms with Crippen LogP contribution in [-0.4, -0.2) is 27.6 Å². The predicted octanol–water partition coefficient (Wildman–Crippen LogP) is 6.45. The summed E-state index contributed by atoms with van der Waals surface area (Å²) in [5.41, 5.74) is 1.77. The van der Waals surface area contributed by atoms with Crippen molar-refractivity contribution in [3.05, 3.63) is 53.7 Å². The number of nitrogens with zero attached hydrogens (tertiary/aromatic N) is 1. The van der Waals surface area contributed by atoms with Crippen LogP contribution in [0.4, 0.5) is 0 Å².